The van der Waals surface area contributed by atoms with E-state index in [1.807, 2.05) is 31.2 Å². The van der Waals surface area contributed by atoms with Gasteiger partial charge in [0.2, 0.25) is 0 Å². The van der Waals surface area contributed by atoms with Gasteiger partial charge in [-0.1, -0.05) is 22.9 Å². The molecular formula is C14H16BrN3O2. The van der Waals surface area contributed by atoms with Crippen LogP contribution in [0.15, 0.2) is 41.3 Å². The molecule has 1 atom stereocenters. The van der Waals surface area contributed by atoms with Crippen molar-refractivity contribution in [2.75, 3.05) is 13.2 Å². The maximum absolute atomic E-state index is 11.9. The van der Waals surface area contributed by atoms with Gasteiger partial charge in [0, 0.05) is 29.5 Å². The summed E-state index contributed by atoms with van der Waals surface area (Å²) in [6.07, 6.45) is 3.29. The van der Waals surface area contributed by atoms with E-state index in [1.165, 1.54) is 0 Å². The number of benzene rings is 1. The number of aliphatic hydroxyl groups excluding tert-OH is 1. The number of nitrogens with one attached hydrogen (secondary N) is 1. The van der Waals surface area contributed by atoms with E-state index in [-0.39, 0.29) is 18.4 Å². The highest BCUT2D eigenvalue weighted by Crippen LogP contribution is 2.14. The number of nitrogens with zero attached hydrogens (tertiary/aromatic N) is 2. The molecule has 5 nitrogen and oxygen atoms in total. The third-order valence-electron chi connectivity index (χ3n) is 2.86. The Kier molecular flexibility index (Phi) is 4.92. The zero-order valence-electron chi connectivity index (χ0n) is 11.1. The van der Waals surface area contributed by atoms with Crippen LogP contribution in [0.1, 0.15) is 17.4 Å². The standard InChI is InChI=1S/C14H16BrN3O2/c1-10(8-19)6-16-14(20)13-7-18(9-17-13)12-4-2-11(15)3-5-12/h2-5,7,9-10,19H,6,8H2,1H3,(H,16,20)/t10-/m1/s1. The Hall–Kier alpha value is -1.66. The number of hydrogen-bond donors (Lipinski definition) is 2. The van der Waals surface area contributed by atoms with Crippen LogP contribution in [0.5, 0.6) is 0 Å². The first-order valence-corrected chi connectivity index (χ1v) is 7.08. The Bertz CT molecular complexity index is 580. The number of amides is 1. The molecule has 0 aliphatic rings. The molecule has 6 heteroatoms. The van der Waals surface area contributed by atoms with Crippen LogP contribution < -0.4 is 5.32 Å². The van der Waals surface area contributed by atoms with Crippen molar-refractivity contribution in [2.24, 2.45) is 5.92 Å². The summed E-state index contributed by atoms with van der Waals surface area (Å²) in [4.78, 5) is 16.0. The maximum Gasteiger partial charge on any atom is 0.271 e. The molecule has 0 aliphatic heterocycles. The summed E-state index contributed by atoms with van der Waals surface area (Å²) >= 11 is 3.38. The van der Waals surface area contributed by atoms with Crippen molar-refractivity contribution in [3.05, 3.63) is 47.0 Å². The van der Waals surface area contributed by atoms with E-state index in [9.17, 15) is 4.79 Å². The number of hydrogen-bond acceptors (Lipinski definition) is 3. The summed E-state index contributed by atoms with van der Waals surface area (Å²) in [6, 6.07) is 7.72. The molecule has 1 amide bonds. The third kappa shape index (κ3) is 3.68. The molecule has 0 saturated carbocycles. The molecule has 0 fully saturated rings. The van der Waals surface area contributed by atoms with Crippen molar-refractivity contribution in [3.8, 4) is 5.69 Å². The van der Waals surface area contributed by atoms with Gasteiger partial charge in [-0.2, -0.15) is 0 Å². The van der Waals surface area contributed by atoms with Crippen molar-refractivity contribution >= 4 is 21.8 Å². The minimum atomic E-state index is -0.235. The minimum absolute atomic E-state index is 0.0347. The van der Waals surface area contributed by atoms with Gasteiger partial charge in [-0.3, -0.25) is 4.79 Å². The number of aromatic nitrogens is 2. The molecule has 0 aliphatic carbocycles. The van der Waals surface area contributed by atoms with Crippen molar-refractivity contribution in [3.63, 3.8) is 0 Å². The van der Waals surface area contributed by atoms with E-state index in [4.69, 9.17) is 5.11 Å². The number of halogens is 1. The van der Waals surface area contributed by atoms with Crippen molar-refractivity contribution in [1.29, 1.82) is 0 Å². The van der Waals surface area contributed by atoms with Crippen LogP contribution in [0.2, 0.25) is 0 Å². The van der Waals surface area contributed by atoms with E-state index < -0.39 is 0 Å². The Balaban J connectivity index is 2.05. The predicted molar refractivity (Wildman–Crippen MR) is 79.8 cm³/mol. The van der Waals surface area contributed by atoms with Gasteiger partial charge >= 0.3 is 0 Å². The summed E-state index contributed by atoms with van der Waals surface area (Å²) in [7, 11) is 0. The highest BCUT2D eigenvalue weighted by Gasteiger charge is 2.11. The van der Waals surface area contributed by atoms with Crippen molar-refractivity contribution in [1.82, 2.24) is 14.9 Å². The third-order valence-corrected chi connectivity index (χ3v) is 3.39. The molecule has 2 rings (SSSR count). The fraction of sp³-hybridized carbons (Fsp3) is 0.286. The van der Waals surface area contributed by atoms with Gasteiger partial charge in [-0.25, -0.2) is 4.98 Å². The lowest BCUT2D eigenvalue weighted by atomic mass is 10.2. The van der Waals surface area contributed by atoms with Crippen LogP contribution in [-0.2, 0) is 0 Å². The first-order valence-electron chi connectivity index (χ1n) is 6.29. The van der Waals surface area contributed by atoms with E-state index in [0.717, 1.165) is 10.2 Å². The molecular weight excluding hydrogens is 322 g/mol. The average molecular weight is 338 g/mol. The zero-order chi connectivity index (χ0) is 14.5. The summed E-state index contributed by atoms with van der Waals surface area (Å²) < 4.78 is 2.79. The Morgan fingerprint density at radius 3 is 2.80 bits per heavy atom. The monoisotopic (exact) mass is 337 g/mol. The van der Waals surface area contributed by atoms with Gasteiger partial charge in [0.1, 0.15) is 12.0 Å². The highest BCUT2D eigenvalue weighted by molar-refractivity contribution is 9.10. The van der Waals surface area contributed by atoms with E-state index in [1.54, 1.807) is 17.1 Å². The number of rotatable bonds is 5. The molecule has 0 bridgehead atoms. The molecule has 1 aromatic heterocycles. The summed E-state index contributed by atoms with van der Waals surface area (Å²) in [5, 5.41) is 11.7. The molecule has 0 saturated heterocycles. The second-order valence-corrected chi connectivity index (χ2v) is 5.56. The van der Waals surface area contributed by atoms with Crippen LogP contribution >= 0.6 is 15.9 Å². The molecule has 106 valence electrons. The molecule has 2 N–H and O–H groups in total. The van der Waals surface area contributed by atoms with Crippen LogP contribution in [0.25, 0.3) is 5.69 Å². The normalized spacial score (nSPS) is 12.2. The van der Waals surface area contributed by atoms with Crippen molar-refractivity contribution < 1.29 is 9.90 Å². The number of aliphatic hydroxyl groups is 1. The number of imidazole rings is 1. The van der Waals surface area contributed by atoms with E-state index in [0.29, 0.717) is 12.2 Å². The zero-order valence-corrected chi connectivity index (χ0v) is 12.7. The van der Waals surface area contributed by atoms with Gasteiger partial charge in [0.25, 0.3) is 5.91 Å². The predicted octanol–water partition coefficient (Wildman–Crippen LogP) is 1.99. The van der Waals surface area contributed by atoms with Gasteiger partial charge < -0.3 is 15.0 Å². The van der Waals surface area contributed by atoms with Gasteiger partial charge in [0.15, 0.2) is 0 Å². The molecule has 0 radical (unpaired) electrons. The maximum atomic E-state index is 11.9. The summed E-state index contributed by atoms with van der Waals surface area (Å²) in [6.45, 7) is 2.34. The van der Waals surface area contributed by atoms with Crippen LogP contribution in [0, 0.1) is 5.92 Å². The Morgan fingerprint density at radius 1 is 1.45 bits per heavy atom. The highest BCUT2D eigenvalue weighted by atomic mass is 79.9. The molecule has 0 unspecified atom stereocenters. The summed E-state index contributed by atoms with van der Waals surface area (Å²) in [5.74, 6) is -0.200. The van der Waals surface area contributed by atoms with Gasteiger partial charge in [-0.15, -0.1) is 0 Å². The second-order valence-electron chi connectivity index (χ2n) is 4.64. The van der Waals surface area contributed by atoms with E-state index >= 15 is 0 Å². The van der Waals surface area contributed by atoms with Gasteiger partial charge in [0.05, 0.1) is 0 Å². The molecule has 1 heterocycles. The van der Waals surface area contributed by atoms with Crippen LogP contribution in [0.4, 0.5) is 0 Å². The molecule has 2 aromatic rings. The first kappa shape index (κ1) is 14.7. The SMILES string of the molecule is C[C@@H](CO)CNC(=O)c1cn(-c2ccc(Br)cc2)cn1. The summed E-state index contributed by atoms with van der Waals surface area (Å²) in [5.41, 5.74) is 1.29. The molecule has 20 heavy (non-hydrogen) atoms. The lowest BCUT2D eigenvalue weighted by Crippen LogP contribution is -2.29. The minimum Gasteiger partial charge on any atom is -0.396 e. The Morgan fingerprint density at radius 2 is 2.15 bits per heavy atom. The van der Waals surface area contributed by atoms with Crippen LogP contribution in [-0.4, -0.2) is 33.7 Å². The lowest BCUT2D eigenvalue weighted by molar-refractivity contribution is 0.0938. The fourth-order valence-electron chi connectivity index (χ4n) is 1.62. The van der Waals surface area contributed by atoms with Crippen LogP contribution in [0.3, 0.4) is 0 Å². The van der Waals surface area contributed by atoms with E-state index in [2.05, 4.69) is 26.2 Å². The fourth-order valence-corrected chi connectivity index (χ4v) is 1.88. The smallest absolute Gasteiger partial charge is 0.271 e. The molecule has 0 spiro atoms. The number of carbonyl (C=O) groups is 1. The number of carbonyl (C=O) groups excluding carboxylic acids is 1. The first-order chi connectivity index (χ1) is 9.60. The lowest BCUT2D eigenvalue weighted by Gasteiger charge is -2.08. The Labute approximate surface area is 125 Å². The quantitative estimate of drug-likeness (QED) is 0.876. The largest absolute Gasteiger partial charge is 0.396 e. The topological polar surface area (TPSA) is 67.2 Å². The average Bonchev–Trinajstić information content (AvgIpc) is 2.95. The second kappa shape index (κ2) is 6.67. The van der Waals surface area contributed by atoms with Gasteiger partial charge in [-0.05, 0) is 30.2 Å². The molecule has 1 aromatic carbocycles. The van der Waals surface area contributed by atoms with Crippen molar-refractivity contribution in [2.45, 2.75) is 6.92 Å².